The molecule has 0 spiro atoms. The van der Waals surface area contributed by atoms with Crippen LogP contribution < -0.4 is 15.2 Å². The zero-order valence-electron chi connectivity index (χ0n) is 10.3. The molecule has 0 unspecified atom stereocenters. The fraction of sp³-hybridized carbons (Fsp3) is 0.143. The molecule has 0 heterocycles. The first kappa shape index (κ1) is 13.7. The van der Waals surface area contributed by atoms with Crippen LogP contribution in [0.1, 0.15) is 5.56 Å². The summed E-state index contributed by atoms with van der Waals surface area (Å²) < 4.78 is 24.5. The first-order chi connectivity index (χ1) is 9.10. The van der Waals surface area contributed by atoms with Crippen LogP contribution in [0.15, 0.2) is 40.9 Å². The molecule has 5 heteroatoms. The molecule has 0 aliphatic carbocycles. The van der Waals surface area contributed by atoms with E-state index in [0.29, 0.717) is 21.7 Å². The first-order valence-corrected chi connectivity index (χ1v) is 6.39. The van der Waals surface area contributed by atoms with Gasteiger partial charge in [-0.05, 0) is 40.2 Å². The number of hydrogen-bond acceptors (Lipinski definition) is 3. The lowest BCUT2D eigenvalue weighted by Gasteiger charge is -2.11. The smallest absolute Gasteiger partial charge is 0.141 e. The molecular weight excluding hydrogens is 313 g/mol. The second-order valence-corrected chi connectivity index (χ2v) is 4.79. The molecule has 2 aromatic carbocycles. The highest BCUT2D eigenvalue weighted by Crippen LogP contribution is 2.25. The van der Waals surface area contributed by atoms with Gasteiger partial charge in [0.2, 0.25) is 0 Å². The molecule has 3 nitrogen and oxygen atoms in total. The molecule has 0 aliphatic rings. The van der Waals surface area contributed by atoms with Crippen LogP contribution in [-0.4, -0.2) is 7.11 Å². The van der Waals surface area contributed by atoms with Gasteiger partial charge in [0, 0.05) is 23.4 Å². The molecule has 2 aromatic rings. The fourth-order valence-electron chi connectivity index (χ4n) is 1.61. The normalized spacial score (nSPS) is 10.3. The first-order valence-electron chi connectivity index (χ1n) is 5.60. The molecule has 0 radical (unpaired) electrons. The van der Waals surface area contributed by atoms with Crippen LogP contribution in [0.5, 0.6) is 11.5 Å². The average Bonchev–Trinajstić information content (AvgIpc) is 2.41. The van der Waals surface area contributed by atoms with Crippen LogP contribution in [0.25, 0.3) is 0 Å². The van der Waals surface area contributed by atoms with Crippen molar-refractivity contribution >= 4 is 21.6 Å². The zero-order chi connectivity index (χ0) is 13.8. The summed E-state index contributed by atoms with van der Waals surface area (Å²) in [6.07, 6.45) is 0. The Bertz CT molecular complexity index is 590. The number of anilines is 1. The summed E-state index contributed by atoms with van der Waals surface area (Å²) in [5, 5.41) is 0. The minimum Gasteiger partial charge on any atom is -0.496 e. The van der Waals surface area contributed by atoms with Crippen LogP contribution in [0.4, 0.5) is 10.1 Å². The van der Waals surface area contributed by atoms with Crippen molar-refractivity contribution in [3.8, 4) is 11.5 Å². The molecule has 0 saturated carbocycles. The van der Waals surface area contributed by atoms with Gasteiger partial charge in [-0.1, -0.05) is 0 Å². The molecule has 0 fully saturated rings. The number of nitrogen functional groups attached to an aromatic ring is 1. The molecular formula is C14H13BrFNO2. The van der Waals surface area contributed by atoms with Crippen LogP contribution in [0, 0.1) is 5.82 Å². The summed E-state index contributed by atoms with van der Waals surface area (Å²) in [6.45, 7) is 0.282. The minimum atomic E-state index is -0.359. The summed E-state index contributed by atoms with van der Waals surface area (Å²) in [4.78, 5) is 0. The van der Waals surface area contributed by atoms with Gasteiger partial charge in [-0.25, -0.2) is 4.39 Å². The van der Waals surface area contributed by atoms with Gasteiger partial charge in [0.05, 0.1) is 11.6 Å². The van der Waals surface area contributed by atoms with Crippen LogP contribution >= 0.6 is 15.9 Å². The molecule has 0 atom stereocenters. The SMILES string of the molecule is COc1cc(N)ccc1COc1ccc(Br)c(F)c1. The van der Waals surface area contributed by atoms with Crippen molar-refractivity contribution in [2.24, 2.45) is 0 Å². The third kappa shape index (κ3) is 3.38. The molecule has 0 aromatic heterocycles. The van der Waals surface area contributed by atoms with Gasteiger partial charge in [0.25, 0.3) is 0 Å². The Morgan fingerprint density at radius 1 is 1.21 bits per heavy atom. The highest BCUT2D eigenvalue weighted by Gasteiger charge is 2.06. The number of hydrogen-bond donors (Lipinski definition) is 1. The molecule has 0 aliphatic heterocycles. The van der Waals surface area contributed by atoms with E-state index in [1.807, 2.05) is 6.07 Å². The summed E-state index contributed by atoms with van der Waals surface area (Å²) >= 11 is 3.09. The lowest BCUT2D eigenvalue weighted by Crippen LogP contribution is -2.00. The molecule has 2 N–H and O–H groups in total. The standard InChI is InChI=1S/C14H13BrFNO2/c1-18-14-6-10(17)3-2-9(14)8-19-11-4-5-12(15)13(16)7-11/h2-7H,8,17H2,1H3. The van der Waals surface area contributed by atoms with E-state index >= 15 is 0 Å². The molecule has 2 rings (SSSR count). The van der Waals surface area contributed by atoms with Gasteiger partial charge < -0.3 is 15.2 Å². The summed E-state index contributed by atoms with van der Waals surface area (Å²) in [5.74, 6) is 0.749. The van der Waals surface area contributed by atoms with Gasteiger partial charge in [0.1, 0.15) is 23.9 Å². The number of ether oxygens (including phenoxy) is 2. The van der Waals surface area contributed by atoms with Gasteiger partial charge in [-0.2, -0.15) is 0 Å². The van der Waals surface area contributed by atoms with Crippen LogP contribution in [-0.2, 0) is 6.61 Å². The second-order valence-electron chi connectivity index (χ2n) is 3.94. The summed E-state index contributed by atoms with van der Waals surface area (Å²) in [5.41, 5.74) is 7.14. The van der Waals surface area contributed by atoms with Gasteiger partial charge >= 0.3 is 0 Å². The monoisotopic (exact) mass is 325 g/mol. The van der Waals surface area contributed by atoms with E-state index in [0.717, 1.165) is 5.56 Å². The second kappa shape index (κ2) is 5.93. The highest BCUT2D eigenvalue weighted by molar-refractivity contribution is 9.10. The molecule has 0 amide bonds. The Balaban J connectivity index is 2.12. The van der Waals surface area contributed by atoms with Crippen molar-refractivity contribution in [1.29, 1.82) is 0 Å². The van der Waals surface area contributed by atoms with E-state index in [2.05, 4.69) is 15.9 Å². The topological polar surface area (TPSA) is 44.5 Å². The molecule has 0 saturated heterocycles. The van der Waals surface area contributed by atoms with Crippen molar-refractivity contribution in [1.82, 2.24) is 0 Å². The van der Waals surface area contributed by atoms with Crippen molar-refractivity contribution in [3.05, 3.63) is 52.3 Å². The van der Waals surface area contributed by atoms with Gasteiger partial charge in [0.15, 0.2) is 0 Å². The van der Waals surface area contributed by atoms with Crippen molar-refractivity contribution in [2.45, 2.75) is 6.61 Å². The van der Waals surface area contributed by atoms with E-state index < -0.39 is 0 Å². The van der Waals surface area contributed by atoms with Crippen molar-refractivity contribution < 1.29 is 13.9 Å². The van der Waals surface area contributed by atoms with E-state index in [1.54, 1.807) is 31.4 Å². The lowest BCUT2D eigenvalue weighted by molar-refractivity contribution is 0.295. The third-order valence-electron chi connectivity index (χ3n) is 2.60. The number of rotatable bonds is 4. The summed E-state index contributed by atoms with van der Waals surface area (Å²) in [7, 11) is 1.57. The molecule has 19 heavy (non-hydrogen) atoms. The van der Waals surface area contributed by atoms with Gasteiger partial charge in [-0.15, -0.1) is 0 Å². The van der Waals surface area contributed by atoms with Gasteiger partial charge in [-0.3, -0.25) is 0 Å². The number of halogens is 2. The Morgan fingerprint density at radius 2 is 2.00 bits per heavy atom. The fourth-order valence-corrected chi connectivity index (χ4v) is 1.85. The molecule has 0 bridgehead atoms. The lowest BCUT2D eigenvalue weighted by atomic mass is 10.2. The highest BCUT2D eigenvalue weighted by atomic mass is 79.9. The van der Waals surface area contributed by atoms with E-state index in [9.17, 15) is 4.39 Å². The van der Waals surface area contributed by atoms with Crippen LogP contribution in [0.2, 0.25) is 0 Å². The molecule has 100 valence electrons. The summed E-state index contributed by atoms with van der Waals surface area (Å²) in [6, 6.07) is 9.93. The maximum absolute atomic E-state index is 13.3. The quantitative estimate of drug-likeness (QED) is 0.870. The maximum atomic E-state index is 13.3. The van der Waals surface area contributed by atoms with Crippen LogP contribution in [0.3, 0.4) is 0 Å². The predicted molar refractivity (Wildman–Crippen MR) is 75.8 cm³/mol. The third-order valence-corrected chi connectivity index (χ3v) is 3.24. The van der Waals surface area contributed by atoms with E-state index in [-0.39, 0.29) is 12.4 Å². The van der Waals surface area contributed by atoms with E-state index in [4.69, 9.17) is 15.2 Å². The number of methoxy groups -OCH3 is 1. The van der Waals surface area contributed by atoms with Crippen molar-refractivity contribution in [2.75, 3.05) is 12.8 Å². The largest absolute Gasteiger partial charge is 0.496 e. The Kier molecular flexibility index (Phi) is 4.27. The zero-order valence-corrected chi connectivity index (χ0v) is 11.9. The number of benzene rings is 2. The Labute approximate surface area is 119 Å². The number of nitrogens with two attached hydrogens (primary N) is 1. The predicted octanol–water partition coefficient (Wildman–Crippen LogP) is 3.76. The maximum Gasteiger partial charge on any atom is 0.141 e. The Hall–Kier alpha value is -1.75. The average molecular weight is 326 g/mol. The van der Waals surface area contributed by atoms with E-state index in [1.165, 1.54) is 6.07 Å². The Morgan fingerprint density at radius 3 is 2.68 bits per heavy atom. The van der Waals surface area contributed by atoms with Crippen molar-refractivity contribution in [3.63, 3.8) is 0 Å². The minimum absolute atomic E-state index is 0.282.